The predicted molar refractivity (Wildman–Crippen MR) is 89.6 cm³/mol. The van der Waals surface area contributed by atoms with Crippen LogP contribution in [0.4, 0.5) is 0 Å². The van der Waals surface area contributed by atoms with Crippen LogP contribution in [-0.2, 0) is 6.61 Å². The van der Waals surface area contributed by atoms with Crippen LogP contribution in [0.3, 0.4) is 0 Å². The summed E-state index contributed by atoms with van der Waals surface area (Å²) in [5, 5.41) is 13.7. The second-order valence-corrected chi connectivity index (χ2v) is 6.80. The average Bonchev–Trinajstić information content (AvgIpc) is 3.22. The number of hydrogen-bond donors (Lipinski definition) is 0. The Hall–Kier alpha value is -2.19. The van der Waals surface area contributed by atoms with Crippen LogP contribution in [0.2, 0.25) is 0 Å². The van der Waals surface area contributed by atoms with Gasteiger partial charge in [0.15, 0.2) is 10.8 Å². The fraction of sp³-hybridized carbons (Fsp3) is 0.133. The monoisotopic (exact) mass is 390 g/mol. The maximum atomic E-state index is 5.75. The van der Waals surface area contributed by atoms with Crippen LogP contribution in [0.5, 0.6) is 5.75 Å². The molecule has 1 aromatic carbocycles. The Bertz CT molecular complexity index is 958. The summed E-state index contributed by atoms with van der Waals surface area (Å²) in [7, 11) is 0. The fourth-order valence-corrected chi connectivity index (χ4v) is 3.19. The van der Waals surface area contributed by atoms with E-state index in [-0.39, 0.29) is 0 Å². The maximum Gasteiger partial charge on any atom is 0.235 e. The van der Waals surface area contributed by atoms with Gasteiger partial charge in [-0.05, 0) is 37.3 Å². The van der Waals surface area contributed by atoms with E-state index < -0.39 is 0 Å². The molecule has 0 spiro atoms. The molecule has 0 saturated carbocycles. The molecule has 0 bridgehead atoms. The van der Waals surface area contributed by atoms with E-state index in [1.165, 1.54) is 11.3 Å². The van der Waals surface area contributed by atoms with Crippen molar-refractivity contribution in [3.63, 3.8) is 0 Å². The summed E-state index contributed by atoms with van der Waals surface area (Å²) in [4.78, 5) is 0.731. The van der Waals surface area contributed by atoms with Crippen molar-refractivity contribution in [2.24, 2.45) is 0 Å². The van der Waals surface area contributed by atoms with Crippen molar-refractivity contribution in [3.8, 4) is 17.1 Å². The summed E-state index contributed by atoms with van der Waals surface area (Å²) in [6, 6.07) is 9.56. The number of nitrogens with zero attached hydrogens (tertiary/aromatic N) is 4. The molecule has 3 aromatic heterocycles. The van der Waals surface area contributed by atoms with Crippen LogP contribution < -0.4 is 4.74 Å². The van der Waals surface area contributed by atoms with Crippen molar-refractivity contribution in [2.45, 2.75) is 13.5 Å². The lowest BCUT2D eigenvalue weighted by molar-refractivity contribution is 0.304. The highest BCUT2D eigenvalue weighted by atomic mass is 79.9. The zero-order valence-electron chi connectivity index (χ0n) is 12.1. The highest BCUT2D eigenvalue weighted by molar-refractivity contribution is 9.10. The number of furan rings is 1. The Labute approximate surface area is 143 Å². The summed E-state index contributed by atoms with van der Waals surface area (Å²) >= 11 is 4.86. The third-order valence-corrected chi connectivity index (χ3v) is 4.71. The average molecular weight is 391 g/mol. The van der Waals surface area contributed by atoms with Gasteiger partial charge in [0, 0.05) is 4.47 Å². The van der Waals surface area contributed by atoms with E-state index in [0.717, 1.165) is 31.5 Å². The van der Waals surface area contributed by atoms with Gasteiger partial charge in [0.05, 0.1) is 11.8 Å². The largest absolute Gasteiger partial charge is 0.486 e. The molecule has 6 nitrogen and oxygen atoms in total. The van der Waals surface area contributed by atoms with Gasteiger partial charge < -0.3 is 9.15 Å². The highest BCUT2D eigenvalue weighted by Crippen LogP contribution is 2.25. The van der Waals surface area contributed by atoms with E-state index in [1.807, 2.05) is 37.3 Å². The van der Waals surface area contributed by atoms with Crippen molar-refractivity contribution in [2.75, 3.05) is 0 Å². The summed E-state index contributed by atoms with van der Waals surface area (Å²) in [5.41, 5.74) is 0.892. The summed E-state index contributed by atoms with van der Waals surface area (Å²) in [6.45, 7) is 2.28. The van der Waals surface area contributed by atoms with Gasteiger partial charge in [-0.2, -0.15) is 9.61 Å². The third kappa shape index (κ3) is 2.75. The van der Waals surface area contributed by atoms with Crippen LogP contribution in [0.15, 0.2) is 45.5 Å². The molecule has 8 heteroatoms. The summed E-state index contributed by atoms with van der Waals surface area (Å²) in [5.74, 6) is 2.27. The minimum absolute atomic E-state index is 0.388. The van der Waals surface area contributed by atoms with E-state index in [9.17, 15) is 0 Å². The molecule has 0 saturated heterocycles. The summed E-state index contributed by atoms with van der Waals surface area (Å²) in [6.07, 6.45) is 1.63. The Balaban J connectivity index is 1.59. The number of halogens is 1. The number of ether oxygens (including phenoxy) is 1. The van der Waals surface area contributed by atoms with Gasteiger partial charge in [0.25, 0.3) is 0 Å². The van der Waals surface area contributed by atoms with Crippen molar-refractivity contribution in [1.29, 1.82) is 0 Å². The highest BCUT2D eigenvalue weighted by Gasteiger charge is 2.16. The molecule has 4 rings (SSSR count). The first-order valence-corrected chi connectivity index (χ1v) is 8.45. The van der Waals surface area contributed by atoms with Crippen LogP contribution in [-0.4, -0.2) is 19.8 Å². The van der Waals surface area contributed by atoms with E-state index in [1.54, 1.807) is 10.8 Å². The molecule has 0 radical (unpaired) electrons. The number of hydrogen-bond acceptors (Lipinski definition) is 6. The third-order valence-electron chi connectivity index (χ3n) is 3.31. The van der Waals surface area contributed by atoms with Gasteiger partial charge in [-0.1, -0.05) is 27.3 Å². The molecule has 0 aliphatic carbocycles. The van der Waals surface area contributed by atoms with Crippen LogP contribution in [0.1, 0.15) is 10.8 Å². The molecule has 0 N–H and O–H groups in total. The molecule has 0 fully saturated rings. The van der Waals surface area contributed by atoms with Crippen molar-refractivity contribution >= 4 is 32.2 Å². The van der Waals surface area contributed by atoms with E-state index in [0.29, 0.717) is 12.4 Å². The van der Waals surface area contributed by atoms with Crippen molar-refractivity contribution in [1.82, 2.24) is 19.8 Å². The van der Waals surface area contributed by atoms with E-state index in [4.69, 9.17) is 9.15 Å². The van der Waals surface area contributed by atoms with Crippen molar-refractivity contribution in [3.05, 3.63) is 51.8 Å². The van der Waals surface area contributed by atoms with Gasteiger partial charge in [-0.25, -0.2) is 0 Å². The topological polar surface area (TPSA) is 65.5 Å². The molecule has 0 aliphatic heterocycles. The zero-order chi connectivity index (χ0) is 15.8. The summed E-state index contributed by atoms with van der Waals surface area (Å²) < 4.78 is 13.8. The van der Waals surface area contributed by atoms with Gasteiger partial charge in [-0.3, -0.25) is 0 Å². The minimum atomic E-state index is 0.388. The van der Waals surface area contributed by atoms with Crippen LogP contribution in [0.25, 0.3) is 16.3 Å². The number of benzene rings is 1. The van der Waals surface area contributed by atoms with Gasteiger partial charge in [0.2, 0.25) is 4.96 Å². The standard InChI is InChI=1S/C15H11BrN4O2S/c1-9-12(6-7-21-9)14-17-18-15-20(14)19-13(23-15)8-22-11-4-2-10(16)3-5-11/h2-7H,8H2,1H3. The number of rotatable bonds is 4. The van der Waals surface area contributed by atoms with E-state index >= 15 is 0 Å². The molecular formula is C15H11BrN4O2S. The Morgan fingerprint density at radius 2 is 2.04 bits per heavy atom. The second kappa shape index (κ2) is 5.78. The molecule has 0 atom stereocenters. The molecule has 3 heterocycles. The lowest BCUT2D eigenvalue weighted by Crippen LogP contribution is -1.97. The smallest absolute Gasteiger partial charge is 0.235 e. The zero-order valence-corrected chi connectivity index (χ0v) is 14.5. The Morgan fingerprint density at radius 1 is 1.22 bits per heavy atom. The SMILES string of the molecule is Cc1occc1-c1nnc2sc(COc3ccc(Br)cc3)nn12. The molecule has 0 unspecified atom stereocenters. The van der Waals surface area contributed by atoms with Gasteiger partial charge in [0.1, 0.15) is 18.1 Å². The van der Waals surface area contributed by atoms with E-state index in [2.05, 4.69) is 31.2 Å². The van der Waals surface area contributed by atoms with Crippen molar-refractivity contribution < 1.29 is 9.15 Å². The predicted octanol–water partition coefficient (Wildman–Crippen LogP) is 4.10. The lowest BCUT2D eigenvalue weighted by Gasteiger charge is -2.03. The quantitative estimate of drug-likeness (QED) is 0.524. The van der Waals surface area contributed by atoms with Gasteiger partial charge >= 0.3 is 0 Å². The molecule has 116 valence electrons. The van der Waals surface area contributed by atoms with Crippen LogP contribution in [0, 0.1) is 6.92 Å². The normalized spacial score (nSPS) is 11.2. The minimum Gasteiger partial charge on any atom is -0.486 e. The molecule has 4 aromatic rings. The molecule has 0 aliphatic rings. The number of aromatic nitrogens is 4. The molecule has 0 amide bonds. The fourth-order valence-electron chi connectivity index (χ4n) is 2.18. The lowest BCUT2D eigenvalue weighted by atomic mass is 10.2. The van der Waals surface area contributed by atoms with Crippen LogP contribution >= 0.6 is 27.3 Å². The van der Waals surface area contributed by atoms with Gasteiger partial charge in [-0.15, -0.1) is 10.2 Å². The molecule has 23 heavy (non-hydrogen) atoms. The Morgan fingerprint density at radius 3 is 2.78 bits per heavy atom. The first kappa shape index (κ1) is 14.4. The number of aryl methyl sites for hydroxylation is 1. The maximum absolute atomic E-state index is 5.75. The second-order valence-electron chi connectivity index (χ2n) is 4.85. The first-order valence-electron chi connectivity index (χ1n) is 6.84. The Kier molecular flexibility index (Phi) is 3.62. The number of fused-ring (bicyclic) bond motifs is 1. The molecular weight excluding hydrogens is 380 g/mol. The first-order chi connectivity index (χ1) is 11.2.